The van der Waals surface area contributed by atoms with Crippen LogP contribution in [-0.4, -0.2) is 18.1 Å². The number of hydrogen-bond acceptors (Lipinski definition) is 3. The Morgan fingerprint density at radius 3 is 2.55 bits per heavy atom. The fourth-order valence-corrected chi connectivity index (χ4v) is 2.26. The number of rotatable bonds is 2. The minimum Gasteiger partial charge on any atom is -0.465 e. The minimum absolute atomic E-state index is 0.346. The summed E-state index contributed by atoms with van der Waals surface area (Å²) >= 11 is 0. The first kappa shape index (κ1) is 12.4. The van der Waals surface area contributed by atoms with Gasteiger partial charge in [0.15, 0.2) is 0 Å². The summed E-state index contributed by atoms with van der Waals surface area (Å²) < 4.78 is 4.87. The first-order valence-corrected chi connectivity index (χ1v) is 6.32. The van der Waals surface area contributed by atoms with Crippen LogP contribution in [0.15, 0.2) is 60.8 Å². The molecule has 0 aliphatic carbocycles. The van der Waals surface area contributed by atoms with Gasteiger partial charge in [0.25, 0.3) is 0 Å². The molecule has 1 aromatic heterocycles. The summed E-state index contributed by atoms with van der Waals surface area (Å²) in [5.74, 6) is -0.346. The molecule has 0 saturated heterocycles. The summed E-state index contributed by atoms with van der Waals surface area (Å²) in [6.07, 6.45) is 1.72. The van der Waals surface area contributed by atoms with Gasteiger partial charge >= 0.3 is 5.97 Å². The molecule has 0 bridgehead atoms. The van der Waals surface area contributed by atoms with Crippen LogP contribution in [0.3, 0.4) is 0 Å². The van der Waals surface area contributed by atoms with E-state index >= 15 is 0 Å². The van der Waals surface area contributed by atoms with Gasteiger partial charge in [-0.2, -0.15) is 0 Å². The number of carbonyl (C=O) groups excluding carboxylic acids is 1. The van der Waals surface area contributed by atoms with Crippen molar-refractivity contribution in [1.29, 1.82) is 0 Å². The zero-order valence-corrected chi connectivity index (χ0v) is 11.0. The zero-order chi connectivity index (χ0) is 13.9. The van der Waals surface area contributed by atoms with Crippen molar-refractivity contribution in [2.75, 3.05) is 7.11 Å². The number of aromatic nitrogens is 1. The van der Waals surface area contributed by atoms with Crippen molar-refractivity contribution in [3.8, 4) is 11.1 Å². The Labute approximate surface area is 116 Å². The molecule has 0 spiro atoms. The van der Waals surface area contributed by atoms with Crippen molar-refractivity contribution < 1.29 is 9.53 Å². The average molecular weight is 263 g/mol. The molecule has 0 amide bonds. The molecule has 98 valence electrons. The Morgan fingerprint density at radius 1 is 1.00 bits per heavy atom. The third-order valence-corrected chi connectivity index (χ3v) is 3.23. The number of hydrogen-bond donors (Lipinski definition) is 0. The molecular weight excluding hydrogens is 250 g/mol. The summed E-state index contributed by atoms with van der Waals surface area (Å²) in [6.45, 7) is 0. The van der Waals surface area contributed by atoms with E-state index in [2.05, 4.69) is 4.98 Å². The second-order valence-corrected chi connectivity index (χ2v) is 4.45. The normalized spacial score (nSPS) is 10.4. The van der Waals surface area contributed by atoms with Crippen LogP contribution in [0.2, 0.25) is 0 Å². The predicted molar refractivity (Wildman–Crippen MR) is 78.5 cm³/mol. The molecule has 20 heavy (non-hydrogen) atoms. The van der Waals surface area contributed by atoms with Gasteiger partial charge in [0.05, 0.1) is 18.2 Å². The van der Waals surface area contributed by atoms with E-state index in [-0.39, 0.29) is 5.97 Å². The van der Waals surface area contributed by atoms with Crippen LogP contribution in [0.5, 0.6) is 0 Å². The summed E-state index contributed by atoms with van der Waals surface area (Å²) in [5.41, 5.74) is 3.33. The summed E-state index contributed by atoms with van der Waals surface area (Å²) in [5, 5.41) is 0.805. The van der Waals surface area contributed by atoms with Gasteiger partial charge in [0.2, 0.25) is 0 Å². The molecule has 2 aromatic carbocycles. The van der Waals surface area contributed by atoms with Gasteiger partial charge < -0.3 is 4.74 Å². The van der Waals surface area contributed by atoms with Crippen molar-refractivity contribution in [2.45, 2.75) is 0 Å². The highest BCUT2D eigenvalue weighted by molar-refractivity contribution is 6.05. The van der Waals surface area contributed by atoms with E-state index in [9.17, 15) is 4.79 Å². The number of pyridine rings is 1. The largest absolute Gasteiger partial charge is 0.465 e. The standard InChI is InChI=1S/C17H13NO2/c1-20-17(19)15-10-13(12-6-3-2-4-7-12)11-16-14(15)8-5-9-18-16/h2-11H,1H3. The van der Waals surface area contributed by atoms with Crippen molar-refractivity contribution in [3.63, 3.8) is 0 Å². The maximum absolute atomic E-state index is 12.0. The number of fused-ring (bicyclic) bond motifs is 1. The van der Waals surface area contributed by atoms with Gasteiger partial charge in [-0.1, -0.05) is 36.4 Å². The van der Waals surface area contributed by atoms with E-state index in [1.807, 2.05) is 54.6 Å². The van der Waals surface area contributed by atoms with Crippen molar-refractivity contribution >= 4 is 16.9 Å². The lowest BCUT2D eigenvalue weighted by Gasteiger charge is -2.08. The van der Waals surface area contributed by atoms with Gasteiger partial charge in [-0.15, -0.1) is 0 Å². The maximum atomic E-state index is 12.0. The Bertz CT molecular complexity index is 766. The Kier molecular flexibility index (Phi) is 3.17. The second kappa shape index (κ2) is 5.13. The summed E-state index contributed by atoms with van der Waals surface area (Å²) in [6, 6.07) is 17.4. The van der Waals surface area contributed by atoms with Crippen molar-refractivity contribution in [2.24, 2.45) is 0 Å². The topological polar surface area (TPSA) is 39.2 Å². The van der Waals surface area contributed by atoms with Gasteiger partial charge in [-0.3, -0.25) is 4.98 Å². The van der Waals surface area contributed by atoms with Crippen LogP contribution in [0, 0.1) is 0 Å². The van der Waals surface area contributed by atoms with Gasteiger partial charge in [0, 0.05) is 11.6 Å². The van der Waals surface area contributed by atoms with Crippen molar-refractivity contribution in [1.82, 2.24) is 4.98 Å². The van der Waals surface area contributed by atoms with Crippen LogP contribution in [-0.2, 0) is 4.74 Å². The molecule has 3 rings (SSSR count). The molecule has 0 unspecified atom stereocenters. The van der Waals surface area contributed by atoms with Crippen molar-refractivity contribution in [3.05, 3.63) is 66.4 Å². The SMILES string of the molecule is COC(=O)c1cc(-c2ccccc2)cc2ncccc12. The van der Waals surface area contributed by atoms with Crippen LogP contribution < -0.4 is 0 Å². The van der Waals surface area contributed by atoms with E-state index in [1.165, 1.54) is 7.11 Å². The number of methoxy groups -OCH3 is 1. The first-order chi connectivity index (χ1) is 9.79. The fourth-order valence-electron chi connectivity index (χ4n) is 2.26. The van der Waals surface area contributed by atoms with Crippen LogP contribution in [0.1, 0.15) is 10.4 Å². The zero-order valence-electron chi connectivity index (χ0n) is 11.0. The van der Waals surface area contributed by atoms with E-state index in [0.29, 0.717) is 5.56 Å². The van der Waals surface area contributed by atoms with E-state index in [0.717, 1.165) is 22.0 Å². The Balaban J connectivity index is 2.28. The summed E-state index contributed by atoms with van der Waals surface area (Å²) in [7, 11) is 1.39. The quantitative estimate of drug-likeness (QED) is 0.662. The molecular formula is C17H13NO2. The second-order valence-electron chi connectivity index (χ2n) is 4.45. The lowest BCUT2D eigenvalue weighted by Crippen LogP contribution is -2.03. The smallest absolute Gasteiger partial charge is 0.338 e. The van der Waals surface area contributed by atoms with Crippen LogP contribution >= 0.6 is 0 Å². The monoisotopic (exact) mass is 263 g/mol. The Hall–Kier alpha value is -2.68. The van der Waals surface area contributed by atoms with Crippen LogP contribution in [0.4, 0.5) is 0 Å². The van der Waals surface area contributed by atoms with Gasteiger partial charge in [-0.05, 0) is 29.3 Å². The molecule has 3 nitrogen and oxygen atoms in total. The highest BCUT2D eigenvalue weighted by Gasteiger charge is 2.13. The lowest BCUT2D eigenvalue weighted by atomic mass is 9.99. The predicted octanol–water partition coefficient (Wildman–Crippen LogP) is 3.69. The third-order valence-electron chi connectivity index (χ3n) is 3.23. The van der Waals surface area contributed by atoms with E-state index in [4.69, 9.17) is 4.74 Å². The average Bonchev–Trinajstić information content (AvgIpc) is 2.54. The molecule has 0 atom stereocenters. The maximum Gasteiger partial charge on any atom is 0.338 e. The third kappa shape index (κ3) is 2.14. The Morgan fingerprint density at radius 2 is 1.80 bits per heavy atom. The van der Waals surface area contributed by atoms with Gasteiger partial charge in [-0.25, -0.2) is 4.79 Å². The number of esters is 1. The molecule has 0 aliphatic heterocycles. The molecule has 3 aromatic rings. The lowest BCUT2D eigenvalue weighted by molar-refractivity contribution is 0.0603. The van der Waals surface area contributed by atoms with E-state index in [1.54, 1.807) is 6.20 Å². The number of ether oxygens (including phenoxy) is 1. The van der Waals surface area contributed by atoms with Gasteiger partial charge in [0.1, 0.15) is 0 Å². The molecule has 3 heteroatoms. The molecule has 1 heterocycles. The fraction of sp³-hybridized carbons (Fsp3) is 0.0588. The van der Waals surface area contributed by atoms with E-state index < -0.39 is 0 Å². The molecule has 0 fully saturated rings. The molecule has 0 radical (unpaired) electrons. The number of nitrogens with zero attached hydrogens (tertiary/aromatic N) is 1. The summed E-state index contributed by atoms with van der Waals surface area (Å²) in [4.78, 5) is 16.3. The molecule has 0 saturated carbocycles. The number of carbonyl (C=O) groups is 1. The number of benzene rings is 2. The molecule has 0 N–H and O–H groups in total. The minimum atomic E-state index is -0.346. The van der Waals surface area contributed by atoms with Crippen LogP contribution in [0.25, 0.3) is 22.0 Å². The highest BCUT2D eigenvalue weighted by atomic mass is 16.5. The molecule has 0 aliphatic rings. The highest BCUT2D eigenvalue weighted by Crippen LogP contribution is 2.27. The first-order valence-electron chi connectivity index (χ1n) is 6.32.